The predicted molar refractivity (Wildman–Crippen MR) is 112 cm³/mol. The molecule has 0 N–H and O–H groups in total. The molecule has 1 aromatic carbocycles. The first-order valence-corrected chi connectivity index (χ1v) is 11.4. The van der Waals surface area contributed by atoms with Gasteiger partial charge in [0.15, 0.2) is 0 Å². The van der Waals surface area contributed by atoms with E-state index in [9.17, 15) is 9.59 Å². The number of nitrogens with zero attached hydrogens (tertiary/aromatic N) is 2. The molecule has 2 aliphatic rings. The van der Waals surface area contributed by atoms with Gasteiger partial charge < -0.3 is 9.80 Å². The van der Waals surface area contributed by atoms with E-state index in [4.69, 9.17) is 0 Å². The fourth-order valence-corrected chi connectivity index (χ4v) is 4.94. The molecule has 0 aliphatic carbocycles. The highest BCUT2D eigenvalue weighted by Gasteiger charge is 2.45. The number of thioether (sulfide) groups is 1. The average molecular weight is 389 g/mol. The van der Waals surface area contributed by atoms with E-state index in [1.54, 1.807) is 0 Å². The summed E-state index contributed by atoms with van der Waals surface area (Å²) in [4.78, 5) is 28.9. The normalized spacial score (nSPS) is 19.1. The summed E-state index contributed by atoms with van der Waals surface area (Å²) in [6.45, 7) is 5.50. The van der Waals surface area contributed by atoms with Crippen molar-refractivity contribution in [2.45, 2.75) is 45.4 Å². The molecule has 0 atom stereocenters. The van der Waals surface area contributed by atoms with E-state index < -0.39 is 0 Å². The molecule has 27 heavy (non-hydrogen) atoms. The summed E-state index contributed by atoms with van der Waals surface area (Å²) in [7, 11) is 0. The van der Waals surface area contributed by atoms with Crippen LogP contribution in [0.1, 0.15) is 44.6 Å². The molecule has 0 saturated carbocycles. The summed E-state index contributed by atoms with van der Waals surface area (Å²) in [6, 6.07) is 10.5. The molecule has 2 heterocycles. The van der Waals surface area contributed by atoms with E-state index in [0.29, 0.717) is 18.7 Å². The molecule has 148 valence electrons. The van der Waals surface area contributed by atoms with Crippen LogP contribution in [0.5, 0.6) is 0 Å². The van der Waals surface area contributed by atoms with Gasteiger partial charge in [0.25, 0.3) is 0 Å². The number of rotatable bonds is 8. The van der Waals surface area contributed by atoms with Gasteiger partial charge in [-0.3, -0.25) is 9.59 Å². The Balaban J connectivity index is 1.42. The number of likely N-dealkylation sites (tertiary alicyclic amines) is 2. The van der Waals surface area contributed by atoms with Crippen molar-refractivity contribution in [3.63, 3.8) is 0 Å². The maximum atomic E-state index is 12.5. The fraction of sp³-hybridized carbons (Fsp3) is 0.636. The molecule has 1 spiro atoms. The van der Waals surface area contributed by atoms with Crippen LogP contribution in [0.15, 0.2) is 30.3 Å². The monoisotopic (exact) mass is 388 g/mol. The molecule has 5 heteroatoms. The standard InChI is InChI=1S/C22H32N2O2S/c1-2-27-16-10-20(25)23-14-11-22(12-15-23)17-21(26)24(18-22)13-6-9-19-7-4-3-5-8-19/h3-5,7-8H,2,6,9-18H2,1H3. The van der Waals surface area contributed by atoms with Crippen molar-refractivity contribution in [3.8, 4) is 0 Å². The van der Waals surface area contributed by atoms with E-state index in [-0.39, 0.29) is 11.3 Å². The molecule has 2 saturated heterocycles. The van der Waals surface area contributed by atoms with Crippen LogP contribution in [0.4, 0.5) is 0 Å². The van der Waals surface area contributed by atoms with Crippen LogP contribution >= 0.6 is 11.8 Å². The van der Waals surface area contributed by atoms with Gasteiger partial charge >= 0.3 is 0 Å². The van der Waals surface area contributed by atoms with Crippen molar-refractivity contribution >= 4 is 23.6 Å². The third-order valence-corrected chi connectivity index (χ3v) is 6.88. The molecular formula is C22H32N2O2S. The van der Waals surface area contributed by atoms with Gasteiger partial charge in [0.05, 0.1) is 0 Å². The number of hydrogen-bond acceptors (Lipinski definition) is 3. The molecule has 0 unspecified atom stereocenters. The van der Waals surface area contributed by atoms with Gasteiger partial charge in [-0.15, -0.1) is 0 Å². The summed E-state index contributed by atoms with van der Waals surface area (Å²) in [5.41, 5.74) is 1.45. The summed E-state index contributed by atoms with van der Waals surface area (Å²) in [5.74, 6) is 2.58. The molecule has 2 fully saturated rings. The summed E-state index contributed by atoms with van der Waals surface area (Å²) in [5, 5.41) is 0. The maximum Gasteiger partial charge on any atom is 0.223 e. The van der Waals surface area contributed by atoms with Crippen LogP contribution in [-0.4, -0.2) is 59.3 Å². The summed E-state index contributed by atoms with van der Waals surface area (Å²) >= 11 is 1.83. The van der Waals surface area contributed by atoms with Crippen LogP contribution in [-0.2, 0) is 16.0 Å². The summed E-state index contributed by atoms with van der Waals surface area (Å²) in [6.07, 6.45) is 5.31. The largest absolute Gasteiger partial charge is 0.343 e. The Bertz CT molecular complexity index is 626. The Morgan fingerprint density at radius 1 is 1.19 bits per heavy atom. The number of benzene rings is 1. The van der Waals surface area contributed by atoms with Crippen molar-refractivity contribution in [2.75, 3.05) is 37.7 Å². The summed E-state index contributed by atoms with van der Waals surface area (Å²) < 4.78 is 0. The number of piperidine rings is 1. The second-order valence-corrected chi connectivity index (χ2v) is 9.30. The first-order chi connectivity index (χ1) is 13.1. The Morgan fingerprint density at radius 3 is 2.63 bits per heavy atom. The maximum absolute atomic E-state index is 12.5. The molecule has 4 nitrogen and oxygen atoms in total. The van der Waals surface area contributed by atoms with Crippen molar-refractivity contribution < 1.29 is 9.59 Å². The number of carbonyl (C=O) groups is 2. The van der Waals surface area contributed by atoms with Gasteiger partial charge in [-0.25, -0.2) is 0 Å². The van der Waals surface area contributed by atoms with Gasteiger partial charge in [-0.1, -0.05) is 37.3 Å². The topological polar surface area (TPSA) is 40.6 Å². The van der Waals surface area contributed by atoms with Gasteiger partial charge in [0.1, 0.15) is 0 Å². The molecule has 0 bridgehead atoms. The highest BCUT2D eigenvalue weighted by atomic mass is 32.2. The van der Waals surface area contributed by atoms with E-state index in [0.717, 1.165) is 63.4 Å². The lowest BCUT2D eigenvalue weighted by Gasteiger charge is -2.39. The Kier molecular flexibility index (Phi) is 7.22. The predicted octanol–water partition coefficient (Wildman–Crippen LogP) is 3.60. The smallest absolute Gasteiger partial charge is 0.223 e. The van der Waals surface area contributed by atoms with E-state index in [1.165, 1.54) is 5.56 Å². The zero-order valence-electron chi connectivity index (χ0n) is 16.5. The third-order valence-electron chi connectivity index (χ3n) is 5.98. The van der Waals surface area contributed by atoms with Crippen LogP contribution in [0.25, 0.3) is 0 Å². The molecule has 0 radical (unpaired) electrons. The fourth-order valence-electron chi connectivity index (χ4n) is 4.33. The Morgan fingerprint density at radius 2 is 1.93 bits per heavy atom. The SMILES string of the molecule is CCSCCC(=O)N1CCC2(CC1)CC(=O)N(CCCc1ccccc1)C2. The van der Waals surface area contributed by atoms with Gasteiger partial charge in [0.2, 0.25) is 11.8 Å². The van der Waals surface area contributed by atoms with Crippen LogP contribution in [0.2, 0.25) is 0 Å². The van der Waals surface area contributed by atoms with Gasteiger partial charge in [-0.05, 0) is 37.0 Å². The Hall–Kier alpha value is -1.49. The first kappa shape index (κ1) is 20.2. The zero-order chi connectivity index (χ0) is 19.1. The molecular weight excluding hydrogens is 356 g/mol. The minimum atomic E-state index is 0.110. The van der Waals surface area contributed by atoms with E-state index >= 15 is 0 Å². The quantitative estimate of drug-likeness (QED) is 0.639. The highest BCUT2D eigenvalue weighted by Crippen LogP contribution is 2.41. The van der Waals surface area contributed by atoms with Crippen molar-refractivity contribution in [1.29, 1.82) is 0 Å². The molecule has 3 rings (SSSR count). The lowest BCUT2D eigenvalue weighted by molar-refractivity contribution is -0.132. The second kappa shape index (κ2) is 9.63. The third kappa shape index (κ3) is 5.50. The minimum absolute atomic E-state index is 0.110. The number of carbonyl (C=O) groups excluding carboxylic acids is 2. The highest BCUT2D eigenvalue weighted by molar-refractivity contribution is 7.99. The minimum Gasteiger partial charge on any atom is -0.343 e. The molecule has 1 aromatic rings. The lowest BCUT2D eigenvalue weighted by Crippen LogP contribution is -2.44. The van der Waals surface area contributed by atoms with Crippen molar-refractivity contribution in [2.24, 2.45) is 5.41 Å². The number of aryl methyl sites for hydroxylation is 1. The lowest BCUT2D eigenvalue weighted by atomic mass is 9.77. The van der Waals surface area contributed by atoms with Crippen molar-refractivity contribution in [3.05, 3.63) is 35.9 Å². The molecule has 2 amide bonds. The zero-order valence-corrected chi connectivity index (χ0v) is 17.3. The first-order valence-electron chi connectivity index (χ1n) is 10.3. The number of amides is 2. The van der Waals surface area contributed by atoms with Crippen molar-refractivity contribution in [1.82, 2.24) is 9.80 Å². The van der Waals surface area contributed by atoms with E-state index in [2.05, 4.69) is 36.1 Å². The van der Waals surface area contributed by atoms with Gasteiger partial charge in [0, 0.05) is 50.2 Å². The molecule has 0 aromatic heterocycles. The van der Waals surface area contributed by atoms with Crippen LogP contribution in [0.3, 0.4) is 0 Å². The Labute approximate surface area is 167 Å². The average Bonchev–Trinajstić information content (AvgIpc) is 2.98. The van der Waals surface area contributed by atoms with Crippen LogP contribution in [0, 0.1) is 5.41 Å². The second-order valence-electron chi connectivity index (χ2n) is 7.91. The van der Waals surface area contributed by atoms with Crippen LogP contribution < -0.4 is 0 Å². The molecule has 2 aliphatic heterocycles. The number of hydrogen-bond donors (Lipinski definition) is 0. The van der Waals surface area contributed by atoms with E-state index in [1.807, 2.05) is 22.7 Å². The van der Waals surface area contributed by atoms with Gasteiger partial charge in [-0.2, -0.15) is 11.8 Å².